The smallest absolute Gasteiger partial charge is 0.369 e. The third-order valence-corrected chi connectivity index (χ3v) is 6.95. The molecule has 1 fully saturated rings. The predicted molar refractivity (Wildman–Crippen MR) is 122 cm³/mol. The molecule has 1 saturated heterocycles. The normalized spacial score (nSPS) is 18.4. The van der Waals surface area contributed by atoms with Gasteiger partial charge in [0.15, 0.2) is 0 Å². The molecule has 2 aromatic carbocycles. The summed E-state index contributed by atoms with van der Waals surface area (Å²) in [5, 5.41) is 1.17. The van der Waals surface area contributed by atoms with E-state index in [-0.39, 0.29) is 11.9 Å². The van der Waals surface area contributed by atoms with E-state index in [2.05, 4.69) is 22.0 Å². The number of para-hydroxylation sites is 1. The number of alkyl halides is 3. The van der Waals surface area contributed by atoms with Gasteiger partial charge in [-0.25, -0.2) is 0 Å². The number of hydrogen-bond acceptors (Lipinski definition) is 3. The van der Waals surface area contributed by atoms with E-state index in [1.807, 2.05) is 28.9 Å². The fraction of sp³-hybridized carbons (Fsp3) is 0.400. The average molecular weight is 457 g/mol. The van der Waals surface area contributed by atoms with Gasteiger partial charge < -0.3 is 14.8 Å². The SMILES string of the molecule is CC(C(=O)N1CCc2[nH]c3ccccc3c2C1)N1CCN(c2cccc(C(F)(F)F)c2)CC1. The van der Waals surface area contributed by atoms with Gasteiger partial charge in [-0.2, -0.15) is 13.2 Å². The first-order valence-corrected chi connectivity index (χ1v) is 11.3. The van der Waals surface area contributed by atoms with E-state index in [4.69, 9.17) is 0 Å². The number of anilines is 1. The fourth-order valence-electron chi connectivity index (χ4n) is 5.02. The van der Waals surface area contributed by atoms with Crippen molar-refractivity contribution in [2.24, 2.45) is 0 Å². The van der Waals surface area contributed by atoms with Crippen LogP contribution in [-0.2, 0) is 23.9 Å². The van der Waals surface area contributed by atoms with E-state index in [1.165, 1.54) is 28.8 Å². The number of nitrogens with one attached hydrogen (secondary N) is 1. The molecule has 5 nitrogen and oxygen atoms in total. The first-order valence-electron chi connectivity index (χ1n) is 11.3. The maximum Gasteiger partial charge on any atom is 0.416 e. The molecule has 0 aliphatic carbocycles. The molecule has 33 heavy (non-hydrogen) atoms. The van der Waals surface area contributed by atoms with Crippen LogP contribution in [0.15, 0.2) is 48.5 Å². The standard InChI is InChI=1S/C25H27F3N4O/c1-17(24(33)32-10-9-23-21(16-32)20-7-2-3-8-22(20)29-23)30-11-13-31(14-12-30)19-6-4-5-18(15-19)25(26,27)28/h2-8,15,17,29H,9-14,16H2,1H3. The molecular weight excluding hydrogens is 429 g/mol. The summed E-state index contributed by atoms with van der Waals surface area (Å²) in [6, 6.07) is 13.4. The number of carbonyl (C=O) groups excluding carboxylic acids is 1. The van der Waals surface area contributed by atoms with Crippen LogP contribution in [0.3, 0.4) is 0 Å². The highest BCUT2D eigenvalue weighted by atomic mass is 19.4. The summed E-state index contributed by atoms with van der Waals surface area (Å²) in [5.41, 5.74) is 3.46. The van der Waals surface area contributed by atoms with E-state index in [9.17, 15) is 18.0 Å². The third-order valence-electron chi connectivity index (χ3n) is 6.95. The summed E-state index contributed by atoms with van der Waals surface area (Å²) in [5.74, 6) is 0.110. The Kier molecular flexibility index (Phi) is 5.56. The van der Waals surface area contributed by atoms with Gasteiger partial charge in [-0.3, -0.25) is 9.69 Å². The van der Waals surface area contributed by atoms with Crippen molar-refractivity contribution in [2.45, 2.75) is 32.1 Å². The Morgan fingerprint density at radius 3 is 2.52 bits per heavy atom. The molecule has 0 radical (unpaired) electrons. The minimum Gasteiger partial charge on any atom is -0.369 e. The van der Waals surface area contributed by atoms with Gasteiger partial charge in [0, 0.05) is 73.5 Å². The van der Waals surface area contributed by atoms with Crippen LogP contribution in [0, 0.1) is 0 Å². The van der Waals surface area contributed by atoms with Gasteiger partial charge in [0.2, 0.25) is 5.91 Å². The number of halogens is 3. The summed E-state index contributed by atoms with van der Waals surface area (Å²) in [7, 11) is 0. The molecule has 0 bridgehead atoms. The number of benzene rings is 2. The van der Waals surface area contributed by atoms with Crippen molar-refractivity contribution in [1.82, 2.24) is 14.8 Å². The molecule has 5 rings (SSSR count). The van der Waals surface area contributed by atoms with Crippen LogP contribution in [-0.4, -0.2) is 59.5 Å². The van der Waals surface area contributed by atoms with Crippen LogP contribution < -0.4 is 4.90 Å². The zero-order valence-electron chi connectivity index (χ0n) is 18.5. The number of amides is 1. The highest BCUT2D eigenvalue weighted by Gasteiger charge is 2.33. The zero-order valence-corrected chi connectivity index (χ0v) is 18.5. The molecule has 2 aliphatic heterocycles. The summed E-state index contributed by atoms with van der Waals surface area (Å²) >= 11 is 0. The van der Waals surface area contributed by atoms with Crippen molar-refractivity contribution in [3.63, 3.8) is 0 Å². The zero-order chi connectivity index (χ0) is 23.2. The molecule has 0 saturated carbocycles. The maximum absolute atomic E-state index is 13.3. The molecule has 8 heteroatoms. The Labute approximate surface area is 190 Å². The monoisotopic (exact) mass is 456 g/mol. The second-order valence-electron chi connectivity index (χ2n) is 8.88. The maximum atomic E-state index is 13.3. The van der Waals surface area contributed by atoms with Crippen molar-refractivity contribution < 1.29 is 18.0 Å². The van der Waals surface area contributed by atoms with Gasteiger partial charge in [0.1, 0.15) is 0 Å². The van der Waals surface area contributed by atoms with E-state index < -0.39 is 11.7 Å². The minimum atomic E-state index is -4.35. The number of fused-ring (bicyclic) bond motifs is 3. The average Bonchev–Trinajstić information content (AvgIpc) is 3.21. The first kappa shape index (κ1) is 21.8. The summed E-state index contributed by atoms with van der Waals surface area (Å²) in [6.07, 6.45) is -3.54. The van der Waals surface area contributed by atoms with Crippen molar-refractivity contribution in [2.75, 3.05) is 37.6 Å². The quantitative estimate of drug-likeness (QED) is 0.640. The lowest BCUT2D eigenvalue weighted by Crippen LogP contribution is -2.55. The molecule has 2 aliphatic rings. The Morgan fingerprint density at radius 2 is 1.76 bits per heavy atom. The van der Waals surface area contributed by atoms with Crippen molar-refractivity contribution >= 4 is 22.5 Å². The van der Waals surface area contributed by atoms with Crippen LogP contribution in [0.5, 0.6) is 0 Å². The molecular formula is C25H27F3N4O. The molecule has 3 heterocycles. The van der Waals surface area contributed by atoms with Crippen molar-refractivity contribution in [1.29, 1.82) is 0 Å². The molecule has 3 aromatic rings. The summed E-state index contributed by atoms with van der Waals surface area (Å²) < 4.78 is 39.2. The van der Waals surface area contributed by atoms with Gasteiger partial charge in [-0.1, -0.05) is 24.3 Å². The number of rotatable bonds is 3. The fourth-order valence-corrected chi connectivity index (χ4v) is 5.02. The lowest BCUT2D eigenvalue weighted by molar-refractivity contribution is -0.138. The second kappa shape index (κ2) is 8.41. The van der Waals surface area contributed by atoms with Crippen LogP contribution >= 0.6 is 0 Å². The van der Waals surface area contributed by atoms with Crippen LogP contribution in [0.1, 0.15) is 23.7 Å². The minimum absolute atomic E-state index is 0.110. The van der Waals surface area contributed by atoms with Crippen LogP contribution in [0.4, 0.5) is 18.9 Å². The molecule has 174 valence electrons. The number of hydrogen-bond donors (Lipinski definition) is 1. The number of carbonyl (C=O) groups is 1. The molecule has 1 N–H and O–H groups in total. The topological polar surface area (TPSA) is 42.6 Å². The Morgan fingerprint density at radius 1 is 1.00 bits per heavy atom. The number of nitrogens with zero attached hydrogens (tertiary/aromatic N) is 3. The van der Waals surface area contributed by atoms with E-state index in [0.717, 1.165) is 18.0 Å². The Hall–Kier alpha value is -3.00. The summed E-state index contributed by atoms with van der Waals surface area (Å²) in [4.78, 5) is 22.8. The number of piperazine rings is 1. The van der Waals surface area contributed by atoms with Gasteiger partial charge in [0.05, 0.1) is 11.6 Å². The second-order valence-corrected chi connectivity index (χ2v) is 8.88. The number of aromatic nitrogens is 1. The van der Waals surface area contributed by atoms with E-state index >= 15 is 0 Å². The number of H-pyrrole nitrogens is 1. The van der Waals surface area contributed by atoms with E-state index in [1.54, 1.807) is 6.07 Å². The van der Waals surface area contributed by atoms with E-state index in [0.29, 0.717) is 45.0 Å². The number of aromatic amines is 1. The lowest BCUT2D eigenvalue weighted by Gasteiger charge is -2.40. The van der Waals surface area contributed by atoms with Crippen molar-refractivity contribution in [3.05, 3.63) is 65.4 Å². The Bertz CT molecular complexity index is 1160. The largest absolute Gasteiger partial charge is 0.416 e. The van der Waals surface area contributed by atoms with Gasteiger partial charge >= 0.3 is 6.18 Å². The molecule has 0 spiro atoms. The summed E-state index contributed by atoms with van der Waals surface area (Å²) in [6.45, 7) is 5.68. The van der Waals surface area contributed by atoms with Crippen LogP contribution in [0.25, 0.3) is 10.9 Å². The molecule has 1 atom stereocenters. The van der Waals surface area contributed by atoms with Gasteiger partial charge in [-0.05, 0) is 31.2 Å². The molecule has 1 unspecified atom stereocenters. The molecule has 1 amide bonds. The van der Waals surface area contributed by atoms with Gasteiger partial charge in [-0.15, -0.1) is 0 Å². The van der Waals surface area contributed by atoms with Gasteiger partial charge in [0.25, 0.3) is 0 Å². The highest BCUT2D eigenvalue weighted by molar-refractivity contribution is 5.87. The Balaban J connectivity index is 1.22. The highest BCUT2D eigenvalue weighted by Crippen LogP contribution is 2.32. The molecule has 1 aromatic heterocycles. The predicted octanol–water partition coefficient (Wildman–Crippen LogP) is 4.28. The van der Waals surface area contributed by atoms with Crippen molar-refractivity contribution in [3.8, 4) is 0 Å². The first-order chi connectivity index (χ1) is 15.8. The third kappa shape index (κ3) is 4.19. The van der Waals surface area contributed by atoms with Crippen LogP contribution in [0.2, 0.25) is 0 Å². The lowest BCUT2D eigenvalue weighted by atomic mass is 10.0.